The number of aromatic nitrogens is 1. The minimum absolute atomic E-state index is 0.0819. The Morgan fingerprint density at radius 2 is 1.88 bits per heavy atom. The Hall–Kier alpha value is -2.96. The lowest BCUT2D eigenvalue weighted by atomic mass is 10.2. The van der Waals surface area contributed by atoms with Gasteiger partial charge in [0, 0.05) is 28.4 Å². The summed E-state index contributed by atoms with van der Waals surface area (Å²) in [6.07, 6.45) is 1.49. The highest BCUT2D eigenvalue weighted by atomic mass is 35.5. The van der Waals surface area contributed by atoms with Gasteiger partial charge in [-0.3, -0.25) is 15.7 Å². The molecule has 0 saturated carbocycles. The van der Waals surface area contributed by atoms with E-state index in [1.807, 2.05) is 5.48 Å². The first-order valence-electron chi connectivity index (χ1n) is 7.73. The number of amidine groups is 1. The van der Waals surface area contributed by atoms with Gasteiger partial charge in [-0.05, 0) is 36.4 Å². The van der Waals surface area contributed by atoms with E-state index in [-0.39, 0.29) is 18.2 Å². The molecule has 0 aliphatic carbocycles. The Morgan fingerprint density at radius 1 is 1.12 bits per heavy atom. The van der Waals surface area contributed by atoms with E-state index in [0.717, 1.165) is 0 Å². The molecule has 5 nitrogen and oxygen atoms in total. The second-order valence-electron chi connectivity index (χ2n) is 5.31. The van der Waals surface area contributed by atoms with Crippen LogP contribution in [0.2, 0.25) is 5.02 Å². The number of nitrogens with zero attached hydrogens (tertiary/aromatic N) is 2. The molecule has 0 spiro atoms. The summed E-state index contributed by atoms with van der Waals surface area (Å²) < 4.78 is 19.2. The normalized spacial score (nSPS) is 11.3. The molecule has 0 aliphatic heterocycles. The van der Waals surface area contributed by atoms with Crippen LogP contribution in [0.25, 0.3) is 0 Å². The van der Waals surface area contributed by atoms with Gasteiger partial charge in [0.1, 0.15) is 11.6 Å². The lowest BCUT2D eigenvalue weighted by molar-refractivity contribution is 0.234. The van der Waals surface area contributed by atoms with Crippen molar-refractivity contribution in [3.8, 4) is 11.6 Å². The summed E-state index contributed by atoms with van der Waals surface area (Å²) in [4.78, 5) is 8.36. The van der Waals surface area contributed by atoms with Gasteiger partial charge >= 0.3 is 0 Å². The molecular weight excluding hydrogens is 357 g/mol. The number of halogens is 2. The van der Waals surface area contributed by atoms with E-state index in [2.05, 4.69) is 9.98 Å². The molecule has 1 aromatic heterocycles. The second-order valence-corrected chi connectivity index (χ2v) is 5.75. The number of hydrogen-bond donors (Lipinski definition) is 2. The van der Waals surface area contributed by atoms with Crippen LogP contribution in [0.1, 0.15) is 11.1 Å². The number of ether oxygens (including phenoxy) is 1. The summed E-state index contributed by atoms with van der Waals surface area (Å²) in [5, 5.41) is 9.93. The summed E-state index contributed by atoms with van der Waals surface area (Å²) >= 11 is 5.83. The van der Waals surface area contributed by atoms with Crippen LogP contribution in [-0.2, 0) is 6.54 Å². The average Bonchev–Trinajstić information content (AvgIpc) is 2.67. The number of hydrogen-bond acceptors (Lipinski definition) is 4. The highest BCUT2D eigenvalue weighted by Crippen LogP contribution is 2.21. The van der Waals surface area contributed by atoms with E-state index in [1.54, 1.807) is 54.6 Å². The van der Waals surface area contributed by atoms with E-state index in [0.29, 0.717) is 27.8 Å². The third kappa shape index (κ3) is 4.56. The Kier molecular flexibility index (Phi) is 5.78. The van der Waals surface area contributed by atoms with Crippen molar-refractivity contribution in [2.24, 2.45) is 4.99 Å². The predicted molar refractivity (Wildman–Crippen MR) is 97.3 cm³/mol. The number of hydroxylamine groups is 1. The largest absolute Gasteiger partial charge is 0.439 e. The number of aliphatic imine (C=N–C) groups is 1. The maximum atomic E-state index is 13.6. The fourth-order valence-electron chi connectivity index (χ4n) is 2.19. The number of rotatable bonds is 5. The van der Waals surface area contributed by atoms with Gasteiger partial charge in [-0.25, -0.2) is 9.37 Å². The van der Waals surface area contributed by atoms with E-state index in [4.69, 9.17) is 16.3 Å². The quantitative estimate of drug-likeness (QED) is 0.391. The average molecular weight is 372 g/mol. The lowest BCUT2D eigenvalue weighted by Crippen LogP contribution is -2.20. The Morgan fingerprint density at radius 3 is 2.54 bits per heavy atom. The fraction of sp³-hybridized carbons (Fsp3) is 0.0526. The number of nitrogens with one attached hydrogen (secondary N) is 1. The summed E-state index contributed by atoms with van der Waals surface area (Å²) in [6, 6.07) is 16.5. The van der Waals surface area contributed by atoms with E-state index >= 15 is 0 Å². The molecule has 2 N–H and O–H groups in total. The Labute approximate surface area is 154 Å². The summed E-state index contributed by atoms with van der Waals surface area (Å²) in [6.45, 7) is 0.0819. The summed E-state index contributed by atoms with van der Waals surface area (Å²) in [5.41, 5.74) is 2.98. The molecule has 0 radical (unpaired) electrons. The second kappa shape index (κ2) is 8.42. The van der Waals surface area contributed by atoms with Crippen molar-refractivity contribution < 1.29 is 14.3 Å². The Bertz CT molecular complexity index is 899. The summed E-state index contributed by atoms with van der Waals surface area (Å²) in [5.74, 6) is 0.808. The monoisotopic (exact) mass is 371 g/mol. The molecule has 0 bridgehead atoms. The van der Waals surface area contributed by atoms with E-state index < -0.39 is 0 Å². The van der Waals surface area contributed by atoms with Crippen molar-refractivity contribution in [1.82, 2.24) is 10.5 Å². The Balaban J connectivity index is 1.72. The first kappa shape index (κ1) is 17.8. The van der Waals surface area contributed by atoms with Gasteiger partial charge in [0.25, 0.3) is 0 Å². The van der Waals surface area contributed by atoms with Crippen molar-refractivity contribution in [2.75, 3.05) is 0 Å². The van der Waals surface area contributed by atoms with Gasteiger partial charge in [-0.2, -0.15) is 0 Å². The highest BCUT2D eigenvalue weighted by Gasteiger charge is 2.06. The van der Waals surface area contributed by atoms with Crippen molar-refractivity contribution in [2.45, 2.75) is 6.54 Å². The molecular formula is C19H15ClFN3O2. The van der Waals surface area contributed by atoms with Gasteiger partial charge < -0.3 is 4.74 Å². The number of benzene rings is 2. The van der Waals surface area contributed by atoms with Crippen molar-refractivity contribution in [3.05, 3.63) is 88.8 Å². The highest BCUT2D eigenvalue weighted by molar-refractivity contribution is 6.30. The molecule has 0 amide bonds. The SMILES string of the molecule is ONC(=NCc1ccccc1F)c1ccc(Oc2ccc(Cl)cc2)nc1. The third-order valence-electron chi connectivity index (χ3n) is 3.52. The van der Waals surface area contributed by atoms with Crippen LogP contribution in [0.15, 0.2) is 71.9 Å². The standard InChI is InChI=1S/C19H15ClFN3O2/c20-15-6-8-16(9-7-15)26-18-10-5-14(12-22-18)19(24-25)23-11-13-3-1-2-4-17(13)21/h1-10,12,25H,11H2,(H,23,24). The lowest BCUT2D eigenvalue weighted by Gasteiger charge is -2.08. The first-order chi connectivity index (χ1) is 12.7. The van der Waals surface area contributed by atoms with Crippen LogP contribution in [0.4, 0.5) is 4.39 Å². The van der Waals surface area contributed by atoms with Crippen LogP contribution in [0.3, 0.4) is 0 Å². The molecule has 0 saturated heterocycles. The van der Waals surface area contributed by atoms with Crippen LogP contribution in [-0.4, -0.2) is 16.0 Å². The van der Waals surface area contributed by atoms with Crippen molar-refractivity contribution in [1.29, 1.82) is 0 Å². The molecule has 26 heavy (non-hydrogen) atoms. The molecule has 0 fully saturated rings. The van der Waals surface area contributed by atoms with Crippen LogP contribution >= 0.6 is 11.6 Å². The molecule has 3 rings (SSSR count). The molecule has 132 valence electrons. The summed E-state index contributed by atoms with van der Waals surface area (Å²) in [7, 11) is 0. The van der Waals surface area contributed by atoms with Crippen molar-refractivity contribution in [3.63, 3.8) is 0 Å². The topological polar surface area (TPSA) is 66.7 Å². The molecule has 3 aromatic rings. The van der Waals surface area contributed by atoms with Gasteiger partial charge in [0.15, 0.2) is 5.84 Å². The number of pyridine rings is 1. The van der Waals surface area contributed by atoms with Crippen LogP contribution < -0.4 is 10.2 Å². The molecule has 1 heterocycles. The van der Waals surface area contributed by atoms with E-state index in [1.165, 1.54) is 12.3 Å². The zero-order valence-corrected chi connectivity index (χ0v) is 14.3. The third-order valence-corrected chi connectivity index (χ3v) is 3.77. The molecule has 0 atom stereocenters. The molecule has 7 heteroatoms. The zero-order valence-electron chi connectivity index (χ0n) is 13.6. The minimum atomic E-state index is -0.349. The van der Waals surface area contributed by atoms with Crippen LogP contribution in [0.5, 0.6) is 11.6 Å². The van der Waals surface area contributed by atoms with Gasteiger partial charge in [0.2, 0.25) is 5.88 Å². The maximum absolute atomic E-state index is 13.6. The van der Waals surface area contributed by atoms with E-state index in [9.17, 15) is 9.60 Å². The maximum Gasteiger partial charge on any atom is 0.219 e. The predicted octanol–water partition coefficient (Wildman–Crippen LogP) is 4.59. The van der Waals surface area contributed by atoms with Crippen LogP contribution in [0, 0.1) is 5.82 Å². The van der Waals surface area contributed by atoms with Gasteiger partial charge in [-0.1, -0.05) is 29.8 Å². The minimum Gasteiger partial charge on any atom is -0.439 e. The molecule has 0 unspecified atom stereocenters. The smallest absolute Gasteiger partial charge is 0.219 e. The van der Waals surface area contributed by atoms with Crippen molar-refractivity contribution >= 4 is 17.4 Å². The zero-order chi connectivity index (χ0) is 18.4. The van der Waals surface area contributed by atoms with Gasteiger partial charge in [0.05, 0.1) is 6.54 Å². The fourth-order valence-corrected chi connectivity index (χ4v) is 2.31. The first-order valence-corrected chi connectivity index (χ1v) is 8.11. The molecule has 2 aromatic carbocycles. The molecule has 0 aliphatic rings. The van der Waals surface area contributed by atoms with Gasteiger partial charge in [-0.15, -0.1) is 0 Å².